The molecule has 1 aromatic heterocycles. The molecule has 0 aliphatic rings. The summed E-state index contributed by atoms with van der Waals surface area (Å²) in [6.07, 6.45) is 0. The van der Waals surface area contributed by atoms with E-state index in [2.05, 4.69) is 48.2 Å². The number of thiophene rings is 1. The highest BCUT2D eigenvalue weighted by Gasteiger charge is 2.07. The molecule has 0 radical (unpaired) electrons. The summed E-state index contributed by atoms with van der Waals surface area (Å²) in [6.45, 7) is 8.95. The zero-order valence-corrected chi connectivity index (χ0v) is 11.1. The molecular weight excluding hydrogens is 218 g/mol. The third-order valence-corrected chi connectivity index (χ3v) is 3.11. The van der Waals surface area contributed by atoms with Crippen LogP contribution in [0.1, 0.15) is 25.6 Å². The van der Waals surface area contributed by atoms with Crippen molar-refractivity contribution in [1.29, 1.82) is 0 Å². The van der Waals surface area contributed by atoms with Crippen LogP contribution in [0.4, 0.5) is 0 Å². The van der Waals surface area contributed by atoms with Crippen LogP contribution in [0.5, 0.6) is 0 Å². The van der Waals surface area contributed by atoms with Crippen molar-refractivity contribution in [2.24, 2.45) is 16.6 Å². The summed E-state index contributed by atoms with van der Waals surface area (Å²) in [5, 5.41) is 2.09. The highest BCUT2D eigenvalue weighted by atomic mass is 32.1. The molecule has 0 aliphatic carbocycles. The van der Waals surface area contributed by atoms with Gasteiger partial charge in [-0.15, -0.1) is 11.3 Å². The van der Waals surface area contributed by atoms with Gasteiger partial charge in [-0.2, -0.15) is 0 Å². The van der Waals surface area contributed by atoms with E-state index >= 15 is 0 Å². The van der Waals surface area contributed by atoms with Gasteiger partial charge in [-0.1, -0.05) is 19.9 Å². The van der Waals surface area contributed by atoms with E-state index in [1.54, 1.807) is 11.3 Å². The van der Waals surface area contributed by atoms with E-state index in [1.165, 1.54) is 4.88 Å². The van der Waals surface area contributed by atoms with Crippen LogP contribution in [0.2, 0.25) is 0 Å². The van der Waals surface area contributed by atoms with Gasteiger partial charge in [0.15, 0.2) is 5.96 Å². The summed E-state index contributed by atoms with van der Waals surface area (Å²) in [5.41, 5.74) is 5.97. The van der Waals surface area contributed by atoms with Crippen molar-refractivity contribution in [1.82, 2.24) is 4.90 Å². The van der Waals surface area contributed by atoms with Crippen LogP contribution in [0.15, 0.2) is 22.5 Å². The second kappa shape index (κ2) is 6.53. The Morgan fingerprint density at radius 1 is 1.56 bits per heavy atom. The van der Waals surface area contributed by atoms with Crippen molar-refractivity contribution in [2.45, 2.75) is 27.3 Å². The second-order valence-electron chi connectivity index (χ2n) is 4.19. The third-order valence-electron chi connectivity index (χ3n) is 2.25. The SMILES string of the molecule is CCN(Cc1cccs1)C(N)=NCC(C)C. The van der Waals surface area contributed by atoms with Gasteiger partial charge in [0, 0.05) is 18.0 Å². The molecule has 0 bridgehead atoms. The summed E-state index contributed by atoms with van der Waals surface area (Å²) >= 11 is 1.76. The molecule has 4 heteroatoms. The maximum Gasteiger partial charge on any atom is 0.191 e. The molecule has 0 aliphatic heterocycles. The lowest BCUT2D eigenvalue weighted by Crippen LogP contribution is -2.36. The summed E-state index contributed by atoms with van der Waals surface area (Å²) < 4.78 is 0. The molecule has 1 heterocycles. The van der Waals surface area contributed by atoms with Crippen LogP contribution in [-0.4, -0.2) is 23.9 Å². The molecular formula is C12H21N3S. The molecule has 0 saturated heterocycles. The van der Waals surface area contributed by atoms with Gasteiger partial charge in [-0.25, -0.2) is 0 Å². The number of rotatable bonds is 5. The summed E-state index contributed by atoms with van der Waals surface area (Å²) in [5.74, 6) is 1.21. The monoisotopic (exact) mass is 239 g/mol. The van der Waals surface area contributed by atoms with E-state index in [4.69, 9.17) is 5.73 Å². The summed E-state index contributed by atoms with van der Waals surface area (Å²) in [6, 6.07) is 4.19. The third kappa shape index (κ3) is 4.23. The van der Waals surface area contributed by atoms with E-state index in [-0.39, 0.29) is 0 Å². The second-order valence-corrected chi connectivity index (χ2v) is 5.22. The zero-order chi connectivity index (χ0) is 12.0. The van der Waals surface area contributed by atoms with E-state index in [0.717, 1.165) is 19.6 Å². The van der Waals surface area contributed by atoms with Crippen molar-refractivity contribution in [3.05, 3.63) is 22.4 Å². The van der Waals surface area contributed by atoms with Crippen molar-refractivity contribution in [3.63, 3.8) is 0 Å². The maximum atomic E-state index is 5.97. The van der Waals surface area contributed by atoms with Crippen molar-refractivity contribution >= 4 is 17.3 Å². The predicted molar refractivity (Wildman–Crippen MR) is 71.7 cm³/mol. The fraction of sp³-hybridized carbons (Fsp3) is 0.583. The Hall–Kier alpha value is -1.03. The van der Waals surface area contributed by atoms with Crippen LogP contribution in [0.3, 0.4) is 0 Å². The van der Waals surface area contributed by atoms with Crippen LogP contribution in [0, 0.1) is 5.92 Å². The molecule has 1 rings (SSSR count). The molecule has 16 heavy (non-hydrogen) atoms. The minimum Gasteiger partial charge on any atom is -0.370 e. The first kappa shape index (κ1) is 13.0. The molecule has 0 aromatic carbocycles. The van der Waals surface area contributed by atoms with Crippen LogP contribution in [0.25, 0.3) is 0 Å². The lowest BCUT2D eigenvalue weighted by Gasteiger charge is -2.21. The smallest absolute Gasteiger partial charge is 0.191 e. The zero-order valence-electron chi connectivity index (χ0n) is 10.3. The molecule has 2 N–H and O–H groups in total. The first-order chi connectivity index (χ1) is 7.63. The summed E-state index contributed by atoms with van der Waals surface area (Å²) in [4.78, 5) is 7.83. The fourth-order valence-electron chi connectivity index (χ4n) is 1.32. The Labute approximate surface area is 102 Å². The molecule has 0 atom stereocenters. The van der Waals surface area contributed by atoms with Crippen LogP contribution in [-0.2, 0) is 6.54 Å². The lowest BCUT2D eigenvalue weighted by atomic mass is 10.2. The summed E-state index contributed by atoms with van der Waals surface area (Å²) in [7, 11) is 0. The molecule has 0 saturated carbocycles. The number of nitrogens with two attached hydrogens (primary N) is 1. The van der Waals surface area contributed by atoms with Gasteiger partial charge in [-0.3, -0.25) is 4.99 Å². The van der Waals surface area contributed by atoms with Gasteiger partial charge in [0.2, 0.25) is 0 Å². The molecule has 1 aromatic rings. The van der Waals surface area contributed by atoms with Gasteiger partial charge in [0.05, 0.1) is 6.54 Å². The Bertz CT molecular complexity index is 317. The van der Waals surface area contributed by atoms with E-state index in [9.17, 15) is 0 Å². The molecule has 90 valence electrons. The Morgan fingerprint density at radius 2 is 2.31 bits per heavy atom. The highest BCUT2D eigenvalue weighted by Crippen LogP contribution is 2.11. The molecule has 0 spiro atoms. The largest absolute Gasteiger partial charge is 0.370 e. The number of nitrogens with zero attached hydrogens (tertiary/aromatic N) is 2. The predicted octanol–water partition coefficient (Wildman–Crippen LogP) is 2.54. The Morgan fingerprint density at radius 3 is 2.81 bits per heavy atom. The van der Waals surface area contributed by atoms with Crippen molar-refractivity contribution in [2.75, 3.05) is 13.1 Å². The standard InChI is InChI=1S/C12H21N3S/c1-4-15(9-11-6-5-7-16-11)12(13)14-8-10(2)3/h5-7,10H,4,8-9H2,1-3H3,(H2,13,14). The number of guanidine groups is 1. The van der Waals surface area contributed by atoms with Crippen molar-refractivity contribution < 1.29 is 0 Å². The van der Waals surface area contributed by atoms with E-state index in [0.29, 0.717) is 11.9 Å². The molecule has 3 nitrogen and oxygen atoms in total. The number of hydrogen-bond donors (Lipinski definition) is 1. The van der Waals surface area contributed by atoms with Gasteiger partial charge in [-0.05, 0) is 24.3 Å². The average Bonchev–Trinajstić information content (AvgIpc) is 2.75. The van der Waals surface area contributed by atoms with Gasteiger partial charge in [0.25, 0.3) is 0 Å². The lowest BCUT2D eigenvalue weighted by molar-refractivity contribution is 0.431. The highest BCUT2D eigenvalue weighted by molar-refractivity contribution is 7.09. The molecule has 0 unspecified atom stereocenters. The quantitative estimate of drug-likeness (QED) is 0.634. The average molecular weight is 239 g/mol. The van der Waals surface area contributed by atoms with Gasteiger partial charge in [0.1, 0.15) is 0 Å². The Kier molecular flexibility index (Phi) is 5.32. The number of hydrogen-bond acceptors (Lipinski definition) is 2. The molecule has 0 fully saturated rings. The van der Waals surface area contributed by atoms with Crippen molar-refractivity contribution in [3.8, 4) is 0 Å². The fourth-order valence-corrected chi connectivity index (χ4v) is 2.04. The maximum absolute atomic E-state index is 5.97. The van der Waals surface area contributed by atoms with Gasteiger partial charge < -0.3 is 10.6 Å². The first-order valence-electron chi connectivity index (χ1n) is 5.70. The normalized spacial score (nSPS) is 12.1. The van der Waals surface area contributed by atoms with Crippen LogP contribution >= 0.6 is 11.3 Å². The minimum atomic E-state index is 0.555. The van der Waals surface area contributed by atoms with E-state index in [1.807, 2.05) is 0 Å². The molecule has 0 amide bonds. The first-order valence-corrected chi connectivity index (χ1v) is 6.58. The minimum absolute atomic E-state index is 0.555. The Balaban J connectivity index is 2.56. The number of aliphatic imine (C=N–C) groups is 1. The van der Waals surface area contributed by atoms with Crippen LogP contribution < -0.4 is 5.73 Å². The van der Waals surface area contributed by atoms with E-state index < -0.39 is 0 Å². The van der Waals surface area contributed by atoms with Gasteiger partial charge >= 0.3 is 0 Å². The topological polar surface area (TPSA) is 41.6 Å².